The fourth-order valence-corrected chi connectivity index (χ4v) is 2.31. The van der Waals surface area contributed by atoms with E-state index in [1.165, 1.54) is 11.3 Å². The zero-order chi connectivity index (χ0) is 14.7. The van der Waals surface area contributed by atoms with E-state index in [-0.39, 0.29) is 0 Å². The summed E-state index contributed by atoms with van der Waals surface area (Å²) in [5.41, 5.74) is 3.63. The van der Waals surface area contributed by atoms with Crippen LogP contribution < -0.4 is 5.32 Å². The van der Waals surface area contributed by atoms with E-state index in [2.05, 4.69) is 43.1 Å². The van der Waals surface area contributed by atoms with Crippen molar-refractivity contribution in [3.05, 3.63) is 35.2 Å². The van der Waals surface area contributed by atoms with Crippen LogP contribution in [0.2, 0.25) is 0 Å². The molecule has 0 saturated carbocycles. The Bertz CT molecular complexity index is 565. The van der Waals surface area contributed by atoms with Gasteiger partial charge in [0.15, 0.2) is 0 Å². The normalized spacial score (nSPS) is 11.5. The molecule has 2 aromatic heterocycles. The maximum Gasteiger partial charge on any atom is 0.130 e. The van der Waals surface area contributed by atoms with Gasteiger partial charge in [0.1, 0.15) is 5.82 Å². The lowest BCUT2D eigenvalue weighted by Crippen LogP contribution is -2.19. The molecular weight excluding hydrogens is 250 g/mol. The fraction of sp³-hybridized carbons (Fsp3) is 0.600. The van der Waals surface area contributed by atoms with Crippen LogP contribution in [0.1, 0.15) is 36.6 Å². The number of hydrogen-bond acceptors (Lipinski definition) is 3. The van der Waals surface area contributed by atoms with Crippen molar-refractivity contribution >= 4 is 0 Å². The van der Waals surface area contributed by atoms with Gasteiger partial charge in [0.05, 0.1) is 12.2 Å². The zero-order valence-corrected chi connectivity index (χ0v) is 13.1. The predicted molar refractivity (Wildman–Crippen MR) is 80.6 cm³/mol. The van der Waals surface area contributed by atoms with Crippen LogP contribution in [0.4, 0.5) is 0 Å². The molecule has 5 heteroatoms. The standard InChI is InChI=1S/C15H25N5/c1-11(2)8-16-9-14-12(3)18-20(13(14)4)10-15-17-6-7-19(15)5/h6-7,11,16H,8-10H2,1-5H3. The topological polar surface area (TPSA) is 47.7 Å². The molecule has 2 rings (SSSR count). The van der Waals surface area contributed by atoms with Crippen molar-refractivity contribution < 1.29 is 0 Å². The monoisotopic (exact) mass is 275 g/mol. The molecule has 0 aliphatic rings. The Balaban J connectivity index is 2.10. The average molecular weight is 275 g/mol. The summed E-state index contributed by atoms with van der Waals surface area (Å²) < 4.78 is 4.08. The van der Waals surface area contributed by atoms with Crippen LogP contribution in [-0.4, -0.2) is 25.9 Å². The Morgan fingerprint density at radius 2 is 2.05 bits per heavy atom. The average Bonchev–Trinajstić information content (AvgIpc) is 2.88. The highest BCUT2D eigenvalue weighted by molar-refractivity contribution is 5.24. The maximum atomic E-state index is 4.65. The SMILES string of the molecule is Cc1nn(Cc2nccn2C)c(C)c1CNCC(C)C. The van der Waals surface area contributed by atoms with Crippen molar-refractivity contribution in [3.63, 3.8) is 0 Å². The lowest BCUT2D eigenvalue weighted by Gasteiger charge is -2.08. The molecule has 0 atom stereocenters. The van der Waals surface area contributed by atoms with E-state index in [4.69, 9.17) is 0 Å². The summed E-state index contributed by atoms with van der Waals surface area (Å²) in [6.07, 6.45) is 3.79. The minimum atomic E-state index is 0.665. The molecule has 110 valence electrons. The molecule has 0 saturated heterocycles. The Morgan fingerprint density at radius 3 is 2.65 bits per heavy atom. The van der Waals surface area contributed by atoms with Gasteiger partial charge in [-0.15, -0.1) is 0 Å². The van der Waals surface area contributed by atoms with E-state index in [0.29, 0.717) is 5.92 Å². The molecule has 1 N–H and O–H groups in total. The molecule has 0 fully saturated rings. The van der Waals surface area contributed by atoms with Crippen molar-refractivity contribution in [1.82, 2.24) is 24.6 Å². The minimum absolute atomic E-state index is 0.665. The van der Waals surface area contributed by atoms with E-state index >= 15 is 0 Å². The molecule has 2 heterocycles. The molecular formula is C15H25N5. The summed E-state index contributed by atoms with van der Waals surface area (Å²) in [7, 11) is 2.01. The summed E-state index contributed by atoms with van der Waals surface area (Å²) in [5.74, 6) is 1.69. The van der Waals surface area contributed by atoms with Crippen LogP contribution in [0.15, 0.2) is 12.4 Å². The van der Waals surface area contributed by atoms with Crippen LogP contribution in [0.3, 0.4) is 0 Å². The smallest absolute Gasteiger partial charge is 0.130 e. The lowest BCUT2D eigenvalue weighted by atomic mass is 10.2. The van der Waals surface area contributed by atoms with Gasteiger partial charge in [-0.2, -0.15) is 5.10 Å². The van der Waals surface area contributed by atoms with Crippen molar-refractivity contribution in [2.45, 2.75) is 40.8 Å². The number of aryl methyl sites for hydroxylation is 2. The quantitative estimate of drug-likeness (QED) is 0.877. The number of hydrogen-bond donors (Lipinski definition) is 1. The summed E-state index contributed by atoms with van der Waals surface area (Å²) in [6.45, 7) is 11.3. The Morgan fingerprint density at radius 1 is 1.30 bits per heavy atom. The third-order valence-corrected chi connectivity index (χ3v) is 3.60. The van der Waals surface area contributed by atoms with Gasteiger partial charge in [-0.3, -0.25) is 4.68 Å². The largest absolute Gasteiger partial charge is 0.336 e. The first-order chi connectivity index (χ1) is 9.49. The second kappa shape index (κ2) is 6.22. The number of aromatic nitrogens is 4. The summed E-state index contributed by atoms with van der Waals surface area (Å²) >= 11 is 0. The summed E-state index contributed by atoms with van der Waals surface area (Å²) in [6, 6.07) is 0. The Kier molecular flexibility index (Phi) is 4.60. The third-order valence-electron chi connectivity index (χ3n) is 3.60. The highest BCUT2D eigenvalue weighted by atomic mass is 15.3. The van der Waals surface area contributed by atoms with Gasteiger partial charge in [-0.05, 0) is 26.3 Å². The van der Waals surface area contributed by atoms with Gasteiger partial charge < -0.3 is 9.88 Å². The number of rotatable bonds is 6. The molecule has 2 aromatic rings. The van der Waals surface area contributed by atoms with E-state index in [9.17, 15) is 0 Å². The van der Waals surface area contributed by atoms with E-state index in [1.807, 2.05) is 28.7 Å². The van der Waals surface area contributed by atoms with E-state index < -0.39 is 0 Å². The van der Waals surface area contributed by atoms with Crippen LogP contribution in [-0.2, 0) is 20.1 Å². The molecule has 0 aromatic carbocycles. The molecule has 0 unspecified atom stereocenters. The maximum absolute atomic E-state index is 4.65. The molecule has 20 heavy (non-hydrogen) atoms. The number of imidazole rings is 1. The van der Waals surface area contributed by atoms with Gasteiger partial charge in [0, 0.05) is 37.2 Å². The van der Waals surface area contributed by atoms with E-state index in [0.717, 1.165) is 31.2 Å². The second-order valence-corrected chi connectivity index (χ2v) is 5.79. The molecule has 0 aliphatic carbocycles. The first-order valence-corrected chi connectivity index (χ1v) is 7.18. The van der Waals surface area contributed by atoms with Gasteiger partial charge in [0.2, 0.25) is 0 Å². The van der Waals surface area contributed by atoms with Gasteiger partial charge in [-0.25, -0.2) is 4.98 Å². The van der Waals surface area contributed by atoms with Crippen molar-refractivity contribution in [3.8, 4) is 0 Å². The second-order valence-electron chi connectivity index (χ2n) is 5.79. The summed E-state index contributed by atoms with van der Waals surface area (Å²) in [4.78, 5) is 4.36. The highest BCUT2D eigenvalue weighted by Gasteiger charge is 2.12. The molecule has 0 radical (unpaired) electrons. The van der Waals surface area contributed by atoms with Gasteiger partial charge in [0.25, 0.3) is 0 Å². The third kappa shape index (κ3) is 3.28. The molecule has 0 amide bonds. The van der Waals surface area contributed by atoms with Crippen molar-refractivity contribution in [2.24, 2.45) is 13.0 Å². The van der Waals surface area contributed by atoms with Crippen LogP contribution >= 0.6 is 0 Å². The molecule has 5 nitrogen and oxygen atoms in total. The first-order valence-electron chi connectivity index (χ1n) is 7.18. The highest BCUT2D eigenvalue weighted by Crippen LogP contribution is 2.14. The lowest BCUT2D eigenvalue weighted by molar-refractivity contribution is 0.550. The van der Waals surface area contributed by atoms with Gasteiger partial charge in [-0.1, -0.05) is 13.8 Å². The van der Waals surface area contributed by atoms with Crippen LogP contribution in [0.25, 0.3) is 0 Å². The summed E-state index contributed by atoms with van der Waals surface area (Å²) in [5, 5.41) is 8.14. The van der Waals surface area contributed by atoms with E-state index in [1.54, 1.807) is 0 Å². The van der Waals surface area contributed by atoms with Crippen LogP contribution in [0.5, 0.6) is 0 Å². The Labute approximate surface area is 121 Å². The molecule has 0 spiro atoms. The van der Waals surface area contributed by atoms with Crippen molar-refractivity contribution in [2.75, 3.05) is 6.54 Å². The minimum Gasteiger partial charge on any atom is -0.336 e. The van der Waals surface area contributed by atoms with Gasteiger partial charge >= 0.3 is 0 Å². The van der Waals surface area contributed by atoms with Crippen LogP contribution in [0, 0.1) is 19.8 Å². The first kappa shape index (κ1) is 14.8. The molecule has 0 bridgehead atoms. The predicted octanol–water partition coefficient (Wildman–Crippen LogP) is 2.03. The fourth-order valence-electron chi connectivity index (χ4n) is 2.31. The zero-order valence-electron chi connectivity index (χ0n) is 13.1. The molecule has 0 aliphatic heterocycles. The number of nitrogens with one attached hydrogen (secondary N) is 1. The number of nitrogens with zero attached hydrogens (tertiary/aromatic N) is 4. The van der Waals surface area contributed by atoms with Crippen molar-refractivity contribution in [1.29, 1.82) is 0 Å². The Hall–Kier alpha value is -1.62.